The SMILES string of the molecule is C.C[C@@H](N/C(=C\C(=O)OC(C)(C)C)Cc1cc(F)c(F)cc1F)c1ccccc1.C[C@@H](N[C@@H](CC(=O)OC(C)(C)C)Cc1cc(F)c(F)cc1F)c1ccccc1.O=C(O)/C=C\C(=O)O.[B]. The van der Waals surface area contributed by atoms with E-state index in [9.17, 15) is 45.5 Å². The van der Waals surface area contributed by atoms with Gasteiger partial charge in [-0.15, -0.1) is 0 Å². The van der Waals surface area contributed by atoms with Gasteiger partial charge in [-0.1, -0.05) is 68.1 Å². The van der Waals surface area contributed by atoms with Gasteiger partial charge in [-0.05, 0) is 96.2 Å². The van der Waals surface area contributed by atoms with E-state index in [2.05, 4.69) is 10.6 Å². The lowest BCUT2D eigenvalue weighted by Gasteiger charge is -2.26. The molecule has 0 bridgehead atoms. The highest BCUT2D eigenvalue weighted by Crippen LogP contribution is 2.22. The van der Waals surface area contributed by atoms with E-state index in [0.29, 0.717) is 30.0 Å². The molecule has 17 heteroatoms. The van der Waals surface area contributed by atoms with Crippen molar-refractivity contribution in [3.8, 4) is 0 Å². The summed E-state index contributed by atoms with van der Waals surface area (Å²) in [5.41, 5.74) is 0.847. The fraction of sp³-hybridized carbons (Fsp3) is 0.347. The number of allylic oxidation sites excluding steroid dienone is 1. The fourth-order valence-electron chi connectivity index (χ4n) is 5.72. The number of carbonyl (C=O) groups is 4. The zero-order chi connectivity index (χ0) is 48.4. The molecule has 0 aliphatic carbocycles. The third-order valence-corrected chi connectivity index (χ3v) is 8.41. The van der Waals surface area contributed by atoms with Gasteiger partial charge in [0.1, 0.15) is 22.8 Å². The summed E-state index contributed by atoms with van der Waals surface area (Å²) in [5, 5.41) is 22.0. The highest BCUT2D eigenvalue weighted by atomic mass is 19.2. The first kappa shape index (κ1) is 59.6. The number of rotatable bonds is 15. The molecule has 0 unspecified atom stereocenters. The molecule has 357 valence electrons. The summed E-state index contributed by atoms with van der Waals surface area (Å²) in [6, 6.07) is 20.8. The average molecular weight is 928 g/mol. The Morgan fingerprint density at radius 3 is 1.47 bits per heavy atom. The zero-order valence-corrected chi connectivity index (χ0v) is 37.4. The van der Waals surface area contributed by atoms with E-state index in [1.54, 1.807) is 41.5 Å². The van der Waals surface area contributed by atoms with Gasteiger partial charge in [-0.25, -0.2) is 40.7 Å². The van der Waals surface area contributed by atoms with Crippen molar-refractivity contribution in [3.63, 3.8) is 0 Å². The molecule has 0 aliphatic rings. The summed E-state index contributed by atoms with van der Waals surface area (Å²) >= 11 is 0. The van der Waals surface area contributed by atoms with E-state index in [1.807, 2.05) is 74.5 Å². The molecule has 3 radical (unpaired) electrons. The van der Waals surface area contributed by atoms with Crippen LogP contribution in [0, 0.1) is 34.9 Å². The van der Waals surface area contributed by atoms with Gasteiger partial charge in [0, 0.05) is 69.0 Å². The Morgan fingerprint density at radius 2 is 1.03 bits per heavy atom. The van der Waals surface area contributed by atoms with Gasteiger partial charge in [0.2, 0.25) is 0 Å². The van der Waals surface area contributed by atoms with Crippen molar-refractivity contribution in [2.45, 2.75) is 111 Å². The molecule has 0 fully saturated rings. The maximum absolute atomic E-state index is 14.1. The summed E-state index contributed by atoms with van der Waals surface area (Å²) < 4.78 is 92.4. The molecule has 0 heterocycles. The van der Waals surface area contributed by atoms with Crippen molar-refractivity contribution >= 4 is 32.3 Å². The lowest BCUT2D eigenvalue weighted by atomic mass is 9.99. The van der Waals surface area contributed by atoms with Crippen molar-refractivity contribution in [2.75, 3.05) is 0 Å². The lowest BCUT2D eigenvalue weighted by molar-refractivity contribution is -0.155. The molecular formula is C49H58BF6N2O8. The molecule has 0 saturated heterocycles. The Kier molecular flexibility index (Phi) is 25.2. The van der Waals surface area contributed by atoms with Gasteiger partial charge in [0.25, 0.3) is 0 Å². The van der Waals surface area contributed by atoms with Crippen LogP contribution in [0.5, 0.6) is 0 Å². The van der Waals surface area contributed by atoms with Crippen LogP contribution in [0.2, 0.25) is 0 Å². The standard InChI is InChI=1S/C22H26F3NO2.C22H24F3NO2.C4H4O4.CH4.B/c2*1-14(15-8-6-5-7-9-15)26-17(12-21(27)28-22(2,3)4)10-16-11-19(24)20(25)13-18(16)23;5-3(6)1-2-4(7)8;;/h5-9,11,13-14,17,26H,10,12H2,1-4H3;5-9,11-14,26H,10H2,1-4H3;1-2H,(H,5,6)(H,7,8);1H4;/b;17-12-;2-1-;;/t14-,17-;14-;;;/m11.../s1. The first-order valence-electron chi connectivity index (χ1n) is 19.9. The quantitative estimate of drug-likeness (QED) is 0.0298. The van der Waals surface area contributed by atoms with E-state index in [0.717, 1.165) is 23.3 Å². The number of ether oxygens (including phenoxy) is 2. The van der Waals surface area contributed by atoms with Gasteiger partial charge in [0.05, 0.1) is 6.42 Å². The van der Waals surface area contributed by atoms with Crippen molar-refractivity contribution < 1.29 is 65.2 Å². The van der Waals surface area contributed by atoms with Gasteiger partial charge in [-0.3, -0.25) is 4.79 Å². The van der Waals surface area contributed by atoms with Crippen LogP contribution in [-0.4, -0.2) is 59.7 Å². The molecular weight excluding hydrogens is 869 g/mol. The normalized spacial score (nSPS) is 12.6. The largest absolute Gasteiger partial charge is 0.478 e. The van der Waals surface area contributed by atoms with Crippen molar-refractivity contribution in [3.05, 3.63) is 166 Å². The second-order valence-corrected chi connectivity index (χ2v) is 16.4. The second-order valence-electron chi connectivity index (χ2n) is 16.4. The van der Waals surface area contributed by atoms with E-state index in [4.69, 9.17) is 19.7 Å². The first-order chi connectivity index (χ1) is 29.7. The number of hydrogen-bond acceptors (Lipinski definition) is 8. The number of benzene rings is 4. The fourth-order valence-corrected chi connectivity index (χ4v) is 5.72. The Labute approximate surface area is 384 Å². The lowest BCUT2D eigenvalue weighted by Crippen LogP contribution is -2.37. The van der Waals surface area contributed by atoms with Gasteiger partial charge in [-0.2, -0.15) is 0 Å². The van der Waals surface area contributed by atoms with Crippen LogP contribution in [0.4, 0.5) is 26.3 Å². The molecule has 4 aromatic carbocycles. The number of aliphatic carboxylic acids is 2. The van der Waals surface area contributed by atoms with E-state index in [1.165, 1.54) is 6.08 Å². The number of halogens is 6. The van der Waals surface area contributed by atoms with Crippen LogP contribution >= 0.6 is 0 Å². The molecule has 0 amide bonds. The molecule has 4 aromatic rings. The average Bonchev–Trinajstić information content (AvgIpc) is 3.17. The van der Waals surface area contributed by atoms with Crippen LogP contribution in [0.15, 0.2) is 109 Å². The van der Waals surface area contributed by atoms with Gasteiger partial charge in [0.15, 0.2) is 23.3 Å². The predicted octanol–water partition coefficient (Wildman–Crippen LogP) is 10.3. The Hall–Kier alpha value is -6.36. The minimum Gasteiger partial charge on any atom is -0.478 e. The molecule has 0 aromatic heterocycles. The van der Waals surface area contributed by atoms with Crippen molar-refractivity contribution in [1.29, 1.82) is 0 Å². The van der Waals surface area contributed by atoms with Crippen LogP contribution < -0.4 is 10.6 Å². The van der Waals surface area contributed by atoms with E-state index >= 15 is 0 Å². The highest BCUT2D eigenvalue weighted by molar-refractivity contribution is 5.89. The summed E-state index contributed by atoms with van der Waals surface area (Å²) in [5.74, 6) is -10.1. The number of carbonyl (C=O) groups excluding carboxylic acids is 2. The number of esters is 2. The third-order valence-electron chi connectivity index (χ3n) is 8.41. The summed E-state index contributed by atoms with van der Waals surface area (Å²) in [6.07, 6.45) is 2.18. The maximum atomic E-state index is 14.1. The molecule has 0 saturated carbocycles. The summed E-state index contributed by atoms with van der Waals surface area (Å²) in [6.45, 7) is 14.3. The topological polar surface area (TPSA) is 151 Å². The van der Waals surface area contributed by atoms with Crippen LogP contribution in [0.3, 0.4) is 0 Å². The Bertz CT molecular complexity index is 2230. The van der Waals surface area contributed by atoms with Crippen LogP contribution in [0.25, 0.3) is 0 Å². The van der Waals surface area contributed by atoms with Crippen molar-refractivity contribution in [1.82, 2.24) is 10.6 Å². The molecule has 4 N–H and O–H groups in total. The first-order valence-corrected chi connectivity index (χ1v) is 19.9. The molecule has 0 aliphatic heterocycles. The number of nitrogens with one attached hydrogen (secondary N) is 2. The summed E-state index contributed by atoms with van der Waals surface area (Å²) in [4.78, 5) is 43.6. The minimum absolute atomic E-state index is 0. The Balaban J connectivity index is 0.00000107. The number of carboxylic acid groups (broad SMARTS) is 2. The number of carboxylic acids is 2. The molecule has 0 spiro atoms. The van der Waals surface area contributed by atoms with Crippen molar-refractivity contribution in [2.24, 2.45) is 0 Å². The smallest absolute Gasteiger partial charge is 0.333 e. The predicted molar refractivity (Wildman–Crippen MR) is 241 cm³/mol. The molecule has 3 atom stereocenters. The summed E-state index contributed by atoms with van der Waals surface area (Å²) in [7, 11) is 0. The second kappa shape index (κ2) is 27.9. The third kappa shape index (κ3) is 23.5. The van der Waals surface area contributed by atoms with Crippen LogP contribution in [-0.2, 0) is 41.5 Å². The minimum atomic E-state index is -1.26. The van der Waals surface area contributed by atoms with E-state index < -0.39 is 76.0 Å². The monoisotopic (exact) mass is 927 g/mol. The van der Waals surface area contributed by atoms with E-state index in [-0.39, 0.29) is 58.3 Å². The van der Waals surface area contributed by atoms with Gasteiger partial charge < -0.3 is 30.3 Å². The van der Waals surface area contributed by atoms with Gasteiger partial charge >= 0.3 is 23.9 Å². The zero-order valence-electron chi connectivity index (χ0n) is 37.4. The Morgan fingerprint density at radius 1 is 0.621 bits per heavy atom. The highest BCUT2D eigenvalue weighted by Gasteiger charge is 2.24. The number of hydrogen-bond donors (Lipinski definition) is 4. The molecule has 4 rings (SSSR count). The van der Waals surface area contributed by atoms with Crippen LogP contribution in [0.1, 0.15) is 104 Å². The molecule has 66 heavy (non-hydrogen) atoms. The molecule has 10 nitrogen and oxygen atoms in total. The maximum Gasteiger partial charge on any atom is 0.333 e.